The summed E-state index contributed by atoms with van der Waals surface area (Å²) in [6, 6.07) is 20.7. The van der Waals surface area contributed by atoms with Gasteiger partial charge in [0.1, 0.15) is 29.5 Å². The predicted octanol–water partition coefficient (Wildman–Crippen LogP) is 3.87. The first-order valence-corrected chi connectivity index (χ1v) is 11.5. The van der Waals surface area contributed by atoms with E-state index in [4.69, 9.17) is 15.3 Å². The number of sulfone groups is 1. The van der Waals surface area contributed by atoms with E-state index in [0.717, 1.165) is 11.8 Å². The van der Waals surface area contributed by atoms with Crippen molar-refractivity contribution in [3.05, 3.63) is 84.1 Å². The molecular weight excluding hydrogens is 430 g/mol. The van der Waals surface area contributed by atoms with Crippen LogP contribution in [-0.2, 0) is 16.4 Å². The van der Waals surface area contributed by atoms with Crippen LogP contribution < -0.4 is 20.7 Å². The van der Waals surface area contributed by atoms with Crippen molar-refractivity contribution >= 4 is 26.6 Å². The number of carbonyl (C=O) groups excluding carboxylic acids is 1. The zero-order valence-corrected chi connectivity index (χ0v) is 17.9. The fourth-order valence-corrected chi connectivity index (χ4v) is 3.80. The van der Waals surface area contributed by atoms with E-state index in [9.17, 15) is 13.2 Å². The highest BCUT2D eigenvalue weighted by molar-refractivity contribution is 7.90. The summed E-state index contributed by atoms with van der Waals surface area (Å²) in [5, 5.41) is 0.664. The molecule has 1 radical (unpaired) electrons. The number of hydrogen-bond donors (Lipinski definition) is 2. The standard InChI is InChI=1S/C23H20N3O5S/c1-32(28,29)19-9-7-17(8-10-19)31-18-11-16-12-20(23(27)26-24)25-22(16)21(13-18)30-14-15-5-3-2-4-6-15/h2-13,24-25H,14H2,1H3,(H,26,27). The van der Waals surface area contributed by atoms with Gasteiger partial charge >= 0.3 is 0 Å². The van der Waals surface area contributed by atoms with Crippen LogP contribution in [-0.4, -0.2) is 25.6 Å². The monoisotopic (exact) mass is 450 g/mol. The highest BCUT2D eigenvalue weighted by atomic mass is 32.2. The lowest BCUT2D eigenvalue weighted by atomic mass is 10.2. The molecule has 0 saturated carbocycles. The van der Waals surface area contributed by atoms with Crippen LogP contribution in [0.1, 0.15) is 16.1 Å². The molecule has 0 saturated heterocycles. The number of fused-ring (bicyclic) bond motifs is 1. The van der Waals surface area contributed by atoms with E-state index in [-0.39, 0.29) is 10.6 Å². The number of H-pyrrole nitrogens is 1. The maximum atomic E-state index is 11.9. The van der Waals surface area contributed by atoms with Crippen LogP contribution in [0.2, 0.25) is 0 Å². The maximum Gasteiger partial charge on any atom is 0.282 e. The van der Waals surface area contributed by atoms with Gasteiger partial charge < -0.3 is 14.5 Å². The molecule has 163 valence electrons. The summed E-state index contributed by atoms with van der Waals surface area (Å²) in [6.45, 7) is 0.307. The highest BCUT2D eigenvalue weighted by Crippen LogP contribution is 2.34. The molecule has 0 aliphatic rings. The van der Waals surface area contributed by atoms with Gasteiger partial charge in [-0.2, -0.15) is 5.84 Å². The molecule has 0 fully saturated rings. The van der Waals surface area contributed by atoms with Crippen molar-refractivity contribution in [2.45, 2.75) is 11.5 Å². The third kappa shape index (κ3) is 4.74. The smallest absolute Gasteiger partial charge is 0.282 e. The first-order chi connectivity index (χ1) is 15.3. The van der Waals surface area contributed by atoms with Crippen LogP contribution in [0.3, 0.4) is 0 Å². The molecule has 4 rings (SSSR count). The van der Waals surface area contributed by atoms with Crippen molar-refractivity contribution < 1.29 is 22.7 Å². The first-order valence-electron chi connectivity index (χ1n) is 9.62. The van der Waals surface area contributed by atoms with Gasteiger partial charge in [0.2, 0.25) is 0 Å². The van der Waals surface area contributed by atoms with Gasteiger partial charge in [0.25, 0.3) is 5.91 Å². The van der Waals surface area contributed by atoms with Crippen molar-refractivity contribution in [2.24, 2.45) is 0 Å². The third-order valence-electron chi connectivity index (χ3n) is 4.75. The Kier molecular flexibility index (Phi) is 5.85. The van der Waals surface area contributed by atoms with Gasteiger partial charge in [-0.15, -0.1) is 0 Å². The minimum atomic E-state index is -3.30. The van der Waals surface area contributed by atoms with E-state index in [1.54, 1.807) is 30.3 Å². The molecular formula is C23H20N3O5S. The Hall–Kier alpha value is -3.82. The van der Waals surface area contributed by atoms with E-state index in [0.29, 0.717) is 34.8 Å². The third-order valence-corrected chi connectivity index (χ3v) is 5.88. The number of amides is 1. The molecule has 8 nitrogen and oxygen atoms in total. The Morgan fingerprint density at radius 1 is 1.00 bits per heavy atom. The van der Waals surface area contributed by atoms with E-state index >= 15 is 0 Å². The van der Waals surface area contributed by atoms with Crippen LogP contribution in [0.4, 0.5) is 0 Å². The van der Waals surface area contributed by atoms with Crippen LogP contribution in [0, 0.1) is 0 Å². The summed E-state index contributed by atoms with van der Waals surface area (Å²) < 4.78 is 35.2. The number of aromatic nitrogens is 1. The number of hydrogen-bond acceptors (Lipinski definition) is 5. The molecule has 3 N–H and O–H groups in total. The fraction of sp³-hybridized carbons (Fsp3) is 0.0870. The topological polar surface area (TPSA) is 121 Å². The molecule has 0 unspecified atom stereocenters. The van der Waals surface area contributed by atoms with Gasteiger partial charge in [0.05, 0.1) is 10.4 Å². The maximum absolute atomic E-state index is 11.9. The highest BCUT2D eigenvalue weighted by Gasteiger charge is 2.15. The van der Waals surface area contributed by atoms with Crippen LogP contribution in [0.15, 0.2) is 77.7 Å². The lowest BCUT2D eigenvalue weighted by molar-refractivity contribution is 0.0946. The van der Waals surface area contributed by atoms with E-state index in [1.165, 1.54) is 12.1 Å². The minimum Gasteiger partial charge on any atom is -0.487 e. The van der Waals surface area contributed by atoms with E-state index in [1.807, 2.05) is 35.8 Å². The van der Waals surface area contributed by atoms with Gasteiger partial charge in [0.15, 0.2) is 9.84 Å². The Morgan fingerprint density at radius 2 is 1.72 bits per heavy atom. The SMILES string of the molecule is CS(=O)(=O)c1ccc(Oc2cc(OCc3ccccc3)c3[nH]c(C(=O)N[NH])cc3c2)cc1. The second-order valence-electron chi connectivity index (χ2n) is 7.14. The molecule has 0 aliphatic carbocycles. The zero-order chi connectivity index (χ0) is 22.7. The van der Waals surface area contributed by atoms with Crippen molar-refractivity contribution in [1.82, 2.24) is 16.3 Å². The Morgan fingerprint density at radius 3 is 2.38 bits per heavy atom. The van der Waals surface area contributed by atoms with Gasteiger partial charge in [-0.1, -0.05) is 30.3 Å². The van der Waals surface area contributed by atoms with Crippen LogP contribution in [0.5, 0.6) is 17.2 Å². The quantitative estimate of drug-likeness (QED) is 0.414. The molecule has 0 atom stereocenters. The summed E-state index contributed by atoms with van der Waals surface area (Å²) in [5.41, 5.74) is 3.63. The molecule has 32 heavy (non-hydrogen) atoms. The number of nitrogens with one attached hydrogen (secondary N) is 3. The number of aromatic amines is 1. The van der Waals surface area contributed by atoms with E-state index in [2.05, 4.69) is 4.98 Å². The summed E-state index contributed by atoms with van der Waals surface area (Å²) in [4.78, 5) is 15.1. The zero-order valence-electron chi connectivity index (χ0n) is 17.1. The Bertz CT molecular complexity index is 1360. The fourth-order valence-electron chi connectivity index (χ4n) is 3.17. The lowest BCUT2D eigenvalue weighted by Crippen LogP contribution is -2.20. The Labute approximate surface area is 184 Å². The molecule has 1 heterocycles. The molecule has 3 aromatic carbocycles. The molecule has 9 heteroatoms. The molecule has 1 aromatic heterocycles. The minimum absolute atomic E-state index is 0.198. The largest absolute Gasteiger partial charge is 0.487 e. The molecule has 1 amide bonds. The van der Waals surface area contributed by atoms with Gasteiger partial charge in [-0.3, -0.25) is 10.2 Å². The summed E-state index contributed by atoms with van der Waals surface area (Å²) >= 11 is 0. The average molecular weight is 450 g/mol. The van der Waals surface area contributed by atoms with Gasteiger partial charge in [-0.05, 0) is 42.0 Å². The first kappa shape index (κ1) is 21.4. The predicted molar refractivity (Wildman–Crippen MR) is 119 cm³/mol. The van der Waals surface area contributed by atoms with Crippen molar-refractivity contribution in [1.29, 1.82) is 0 Å². The average Bonchev–Trinajstić information content (AvgIpc) is 3.22. The van der Waals surface area contributed by atoms with E-state index < -0.39 is 15.7 Å². The second-order valence-corrected chi connectivity index (χ2v) is 9.16. The van der Waals surface area contributed by atoms with Gasteiger partial charge in [0, 0.05) is 17.7 Å². The summed E-state index contributed by atoms with van der Waals surface area (Å²) in [6.07, 6.45) is 1.14. The van der Waals surface area contributed by atoms with Crippen molar-refractivity contribution in [2.75, 3.05) is 6.26 Å². The number of carbonyl (C=O) groups is 1. The lowest BCUT2D eigenvalue weighted by Gasteiger charge is -2.11. The number of rotatable bonds is 7. The molecule has 4 aromatic rings. The van der Waals surface area contributed by atoms with Crippen molar-refractivity contribution in [3.63, 3.8) is 0 Å². The molecule has 0 spiro atoms. The number of ether oxygens (including phenoxy) is 2. The summed E-state index contributed by atoms with van der Waals surface area (Å²) in [7, 11) is -3.30. The summed E-state index contributed by atoms with van der Waals surface area (Å²) in [5.74, 6) is 7.89. The van der Waals surface area contributed by atoms with Crippen LogP contribution in [0.25, 0.3) is 10.9 Å². The van der Waals surface area contributed by atoms with Crippen LogP contribution >= 0.6 is 0 Å². The van der Waals surface area contributed by atoms with Crippen molar-refractivity contribution in [3.8, 4) is 17.2 Å². The Balaban J connectivity index is 1.68. The molecule has 0 bridgehead atoms. The second kappa shape index (κ2) is 8.74. The van der Waals surface area contributed by atoms with Gasteiger partial charge in [-0.25, -0.2) is 8.42 Å². The molecule has 0 aliphatic heterocycles. The normalized spacial score (nSPS) is 11.3. The number of benzene rings is 3.